The first-order chi connectivity index (χ1) is 10.1. The lowest BCUT2D eigenvalue weighted by Crippen LogP contribution is -2.21. The third-order valence-electron chi connectivity index (χ3n) is 4.82. The van der Waals surface area contributed by atoms with Crippen molar-refractivity contribution >= 4 is 0 Å². The van der Waals surface area contributed by atoms with Crippen LogP contribution in [0.4, 0.5) is 0 Å². The molecule has 1 atom stereocenters. The quantitative estimate of drug-likeness (QED) is 0.431. The van der Waals surface area contributed by atoms with Crippen molar-refractivity contribution in [2.24, 2.45) is 7.05 Å². The fourth-order valence-corrected chi connectivity index (χ4v) is 3.21. The van der Waals surface area contributed by atoms with E-state index in [0.717, 1.165) is 0 Å². The van der Waals surface area contributed by atoms with Gasteiger partial charge in [-0.3, -0.25) is 4.68 Å². The van der Waals surface area contributed by atoms with E-state index in [2.05, 4.69) is 38.3 Å². The van der Waals surface area contributed by atoms with Gasteiger partial charge in [-0.2, -0.15) is 5.10 Å². The average Bonchev–Trinajstić information content (AvgIpc) is 2.91. The normalized spacial score (nSPS) is 14.3. The molecule has 0 aliphatic carbocycles. The van der Waals surface area contributed by atoms with Gasteiger partial charge >= 0.3 is 0 Å². The van der Waals surface area contributed by atoms with E-state index in [9.17, 15) is 0 Å². The second-order valence-corrected chi connectivity index (χ2v) is 6.94. The molecular formula is C19H36N2. The van der Waals surface area contributed by atoms with Gasteiger partial charge in [0.15, 0.2) is 0 Å². The maximum Gasteiger partial charge on any atom is 0.0527 e. The predicted octanol–water partition coefficient (Wildman–Crippen LogP) is 6.01. The summed E-state index contributed by atoms with van der Waals surface area (Å²) in [6, 6.07) is 0. The Morgan fingerprint density at radius 2 is 1.43 bits per heavy atom. The van der Waals surface area contributed by atoms with E-state index >= 15 is 0 Å². The van der Waals surface area contributed by atoms with Crippen molar-refractivity contribution in [2.75, 3.05) is 0 Å². The van der Waals surface area contributed by atoms with Crippen LogP contribution in [0.2, 0.25) is 0 Å². The number of rotatable bonds is 12. The van der Waals surface area contributed by atoms with Crippen molar-refractivity contribution in [2.45, 2.75) is 96.8 Å². The second-order valence-electron chi connectivity index (χ2n) is 6.94. The van der Waals surface area contributed by atoms with Crippen LogP contribution in [0.15, 0.2) is 12.4 Å². The molecule has 2 heteroatoms. The minimum atomic E-state index is 0.328. The van der Waals surface area contributed by atoms with Gasteiger partial charge in [0, 0.05) is 13.2 Å². The maximum absolute atomic E-state index is 4.40. The molecule has 0 saturated heterocycles. The molecule has 0 aliphatic heterocycles. The SMILES string of the molecule is CCCCCCCC(C)(CCCCCC)c1cnn(C)c1. The van der Waals surface area contributed by atoms with E-state index in [1.54, 1.807) is 0 Å². The molecule has 1 unspecified atom stereocenters. The van der Waals surface area contributed by atoms with Crippen LogP contribution in [0.25, 0.3) is 0 Å². The topological polar surface area (TPSA) is 17.8 Å². The molecule has 0 amide bonds. The van der Waals surface area contributed by atoms with E-state index in [-0.39, 0.29) is 0 Å². The third kappa shape index (κ3) is 6.67. The lowest BCUT2D eigenvalue weighted by Gasteiger charge is -2.29. The Balaban J connectivity index is 2.52. The van der Waals surface area contributed by atoms with Crippen LogP contribution in [-0.4, -0.2) is 9.78 Å². The highest BCUT2D eigenvalue weighted by Crippen LogP contribution is 2.35. The molecule has 1 aromatic heterocycles. The van der Waals surface area contributed by atoms with Crippen LogP contribution in [0.5, 0.6) is 0 Å². The fourth-order valence-electron chi connectivity index (χ4n) is 3.21. The highest BCUT2D eigenvalue weighted by atomic mass is 15.2. The zero-order chi connectivity index (χ0) is 15.6. The molecule has 0 aromatic carbocycles. The van der Waals surface area contributed by atoms with Gasteiger partial charge in [0.05, 0.1) is 6.20 Å². The van der Waals surface area contributed by atoms with Crippen LogP contribution in [0.3, 0.4) is 0 Å². The maximum atomic E-state index is 4.40. The van der Waals surface area contributed by atoms with Gasteiger partial charge in [-0.25, -0.2) is 0 Å². The molecule has 1 aromatic rings. The minimum absolute atomic E-state index is 0.328. The van der Waals surface area contributed by atoms with Gasteiger partial charge in [0.25, 0.3) is 0 Å². The molecule has 0 spiro atoms. The summed E-state index contributed by atoms with van der Waals surface area (Å²) < 4.78 is 1.96. The van der Waals surface area contributed by atoms with Crippen LogP contribution >= 0.6 is 0 Å². The van der Waals surface area contributed by atoms with Crippen molar-refractivity contribution < 1.29 is 0 Å². The lowest BCUT2D eigenvalue weighted by molar-refractivity contribution is 0.363. The van der Waals surface area contributed by atoms with Crippen molar-refractivity contribution in [3.63, 3.8) is 0 Å². The molecular weight excluding hydrogens is 256 g/mol. The van der Waals surface area contributed by atoms with Gasteiger partial charge in [-0.05, 0) is 23.8 Å². The largest absolute Gasteiger partial charge is 0.276 e. The van der Waals surface area contributed by atoms with Gasteiger partial charge in [-0.1, -0.05) is 78.6 Å². The number of hydrogen-bond donors (Lipinski definition) is 0. The average molecular weight is 293 g/mol. The van der Waals surface area contributed by atoms with E-state index in [1.807, 2.05) is 11.7 Å². The van der Waals surface area contributed by atoms with Gasteiger partial charge in [0.2, 0.25) is 0 Å². The van der Waals surface area contributed by atoms with Gasteiger partial charge < -0.3 is 0 Å². The first-order valence-electron chi connectivity index (χ1n) is 9.11. The van der Waals surface area contributed by atoms with Crippen LogP contribution in [0, 0.1) is 0 Å². The van der Waals surface area contributed by atoms with Gasteiger partial charge in [-0.15, -0.1) is 0 Å². The van der Waals surface area contributed by atoms with Crippen LogP contribution < -0.4 is 0 Å². The summed E-state index contributed by atoms with van der Waals surface area (Å²) in [6.45, 7) is 7.03. The van der Waals surface area contributed by atoms with Crippen molar-refractivity contribution in [1.82, 2.24) is 9.78 Å². The van der Waals surface area contributed by atoms with Crippen molar-refractivity contribution in [3.05, 3.63) is 18.0 Å². The zero-order valence-electron chi connectivity index (χ0n) is 14.8. The number of aromatic nitrogens is 2. The standard InChI is InChI=1S/C19H36N2/c1-5-7-9-11-13-15-19(3,14-12-10-8-6-2)18-16-20-21(4)17-18/h16-17H,5-15H2,1-4H3. The van der Waals surface area contributed by atoms with E-state index in [4.69, 9.17) is 0 Å². The Kier molecular flexibility index (Phi) is 8.72. The summed E-state index contributed by atoms with van der Waals surface area (Å²) in [5, 5.41) is 4.40. The van der Waals surface area contributed by atoms with Crippen molar-refractivity contribution in [1.29, 1.82) is 0 Å². The Morgan fingerprint density at radius 1 is 0.905 bits per heavy atom. The van der Waals surface area contributed by atoms with E-state index < -0.39 is 0 Å². The molecule has 0 radical (unpaired) electrons. The third-order valence-corrected chi connectivity index (χ3v) is 4.82. The number of nitrogens with zero attached hydrogens (tertiary/aromatic N) is 2. The Hall–Kier alpha value is -0.790. The lowest BCUT2D eigenvalue weighted by atomic mass is 9.75. The molecule has 0 fully saturated rings. The molecule has 1 heterocycles. The number of aryl methyl sites for hydroxylation is 1. The van der Waals surface area contributed by atoms with Crippen molar-refractivity contribution in [3.8, 4) is 0 Å². The van der Waals surface area contributed by atoms with Gasteiger partial charge in [0.1, 0.15) is 0 Å². The summed E-state index contributed by atoms with van der Waals surface area (Å²) in [4.78, 5) is 0. The molecule has 0 N–H and O–H groups in total. The Labute approximate surface area is 132 Å². The van der Waals surface area contributed by atoms with Crippen LogP contribution in [0.1, 0.15) is 97.0 Å². The minimum Gasteiger partial charge on any atom is -0.276 e. The molecule has 0 aliphatic rings. The Bertz CT molecular complexity index is 369. The molecule has 122 valence electrons. The molecule has 2 nitrogen and oxygen atoms in total. The monoisotopic (exact) mass is 292 g/mol. The van der Waals surface area contributed by atoms with Crippen LogP contribution in [-0.2, 0) is 12.5 Å². The Morgan fingerprint density at radius 3 is 1.90 bits per heavy atom. The fraction of sp³-hybridized carbons (Fsp3) is 0.842. The summed E-state index contributed by atoms with van der Waals surface area (Å²) in [5.41, 5.74) is 1.77. The predicted molar refractivity (Wildman–Crippen MR) is 92.7 cm³/mol. The number of unbranched alkanes of at least 4 members (excludes halogenated alkanes) is 7. The van der Waals surface area contributed by atoms with E-state index in [1.165, 1.54) is 76.2 Å². The molecule has 0 saturated carbocycles. The summed E-state index contributed by atoms with van der Waals surface area (Å²) in [6.07, 6.45) is 19.2. The second kappa shape index (κ2) is 10.0. The first-order valence-corrected chi connectivity index (χ1v) is 9.11. The molecule has 0 bridgehead atoms. The van der Waals surface area contributed by atoms with E-state index in [0.29, 0.717) is 5.41 Å². The highest BCUT2D eigenvalue weighted by Gasteiger charge is 2.26. The summed E-state index contributed by atoms with van der Waals surface area (Å²) in [5.74, 6) is 0. The summed E-state index contributed by atoms with van der Waals surface area (Å²) >= 11 is 0. The highest BCUT2D eigenvalue weighted by molar-refractivity contribution is 5.18. The smallest absolute Gasteiger partial charge is 0.0527 e. The summed E-state index contributed by atoms with van der Waals surface area (Å²) in [7, 11) is 2.03. The first kappa shape index (κ1) is 18.3. The number of hydrogen-bond acceptors (Lipinski definition) is 1. The zero-order valence-corrected chi connectivity index (χ0v) is 14.8. The molecule has 21 heavy (non-hydrogen) atoms. The molecule has 1 rings (SSSR count).